The van der Waals surface area contributed by atoms with Gasteiger partial charge in [0.05, 0.1) is 0 Å². The number of anilines is 1. The molecular weight excluding hydrogens is 298 g/mol. The Morgan fingerprint density at radius 2 is 1.83 bits per heavy atom. The zero-order valence-electron chi connectivity index (χ0n) is 14.2. The van der Waals surface area contributed by atoms with E-state index in [1.165, 1.54) is 0 Å². The van der Waals surface area contributed by atoms with Gasteiger partial charge in [-0.3, -0.25) is 0 Å². The topological polar surface area (TPSA) is 46.2 Å². The second-order valence-corrected chi connectivity index (χ2v) is 5.76. The van der Waals surface area contributed by atoms with E-state index in [1.54, 1.807) is 0 Å². The van der Waals surface area contributed by atoms with Crippen LogP contribution in [-0.4, -0.2) is 25.1 Å². The number of aryl methyl sites for hydroxylation is 1. The number of rotatable bonds is 7. The molecule has 0 aliphatic rings. The molecule has 0 aliphatic carbocycles. The third-order valence-electron chi connectivity index (χ3n) is 3.82. The standard InChI is InChI=1S/C20H23N3O/c1-15-14-18(22-13-7-12-21-2)17-10-6-11-19(20(17)23-15)24-16-8-4-3-5-9-16/h3-6,8-11,14,21H,7,12-13H2,1-2H3,(H,22,23). The number of hydrogen-bond donors (Lipinski definition) is 2. The summed E-state index contributed by atoms with van der Waals surface area (Å²) < 4.78 is 6.04. The maximum absolute atomic E-state index is 6.04. The monoisotopic (exact) mass is 321 g/mol. The number of ether oxygens (including phenoxy) is 1. The van der Waals surface area contributed by atoms with Crippen molar-refractivity contribution in [2.75, 3.05) is 25.5 Å². The van der Waals surface area contributed by atoms with Crippen LogP contribution in [-0.2, 0) is 0 Å². The van der Waals surface area contributed by atoms with Gasteiger partial charge in [-0.05, 0) is 51.2 Å². The summed E-state index contributed by atoms with van der Waals surface area (Å²) in [5, 5.41) is 7.77. The second kappa shape index (κ2) is 7.79. The van der Waals surface area contributed by atoms with E-state index in [4.69, 9.17) is 9.72 Å². The van der Waals surface area contributed by atoms with E-state index in [-0.39, 0.29) is 0 Å². The van der Waals surface area contributed by atoms with Gasteiger partial charge < -0.3 is 15.4 Å². The minimum Gasteiger partial charge on any atom is -0.455 e. The van der Waals surface area contributed by atoms with Crippen molar-refractivity contribution >= 4 is 16.6 Å². The Kier molecular flexibility index (Phi) is 5.29. The first-order valence-corrected chi connectivity index (χ1v) is 8.29. The predicted molar refractivity (Wildman–Crippen MR) is 100 cm³/mol. The number of fused-ring (bicyclic) bond motifs is 1. The molecule has 0 radical (unpaired) electrons. The van der Waals surface area contributed by atoms with Crippen LogP contribution in [0.1, 0.15) is 12.1 Å². The fraction of sp³-hybridized carbons (Fsp3) is 0.250. The lowest BCUT2D eigenvalue weighted by molar-refractivity contribution is 0.487. The number of nitrogens with zero attached hydrogens (tertiary/aromatic N) is 1. The summed E-state index contributed by atoms with van der Waals surface area (Å²) in [6.45, 7) is 3.93. The lowest BCUT2D eigenvalue weighted by Gasteiger charge is -2.13. The molecule has 124 valence electrons. The highest BCUT2D eigenvalue weighted by Gasteiger charge is 2.09. The number of nitrogens with one attached hydrogen (secondary N) is 2. The highest BCUT2D eigenvalue weighted by atomic mass is 16.5. The molecule has 0 amide bonds. The SMILES string of the molecule is CNCCCNc1cc(C)nc2c(Oc3ccccc3)cccc12. The third kappa shape index (κ3) is 3.84. The summed E-state index contributed by atoms with van der Waals surface area (Å²) in [6, 6.07) is 18.0. The van der Waals surface area contributed by atoms with Gasteiger partial charge in [0.1, 0.15) is 11.3 Å². The lowest BCUT2D eigenvalue weighted by Crippen LogP contribution is -2.13. The van der Waals surface area contributed by atoms with Crippen molar-refractivity contribution in [2.45, 2.75) is 13.3 Å². The summed E-state index contributed by atoms with van der Waals surface area (Å²) in [5.74, 6) is 1.59. The summed E-state index contributed by atoms with van der Waals surface area (Å²) in [6.07, 6.45) is 1.07. The highest BCUT2D eigenvalue weighted by Crippen LogP contribution is 2.32. The van der Waals surface area contributed by atoms with Crippen LogP contribution in [0, 0.1) is 6.92 Å². The van der Waals surface area contributed by atoms with Crippen molar-refractivity contribution in [3.8, 4) is 11.5 Å². The van der Waals surface area contributed by atoms with Gasteiger partial charge in [-0.1, -0.05) is 30.3 Å². The molecule has 0 fully saturated rings. The Hall–Kier alpha value is -2.59. The van der Waals surface area contributed by atoms with Crippen LogP contribution in [0.5, 0.6) is 11.5 Å². The van der Waals surface area contributed by atoms with E-state index in [2.05, 4.69) is 22.8 Å². The predicted octanol–water partition coefficient (Wildman–Crippen LogP) is 4.36. The minimum absolute atomic E-state index is 0.778. The van der Waals surface area contributed by atoms with E-state index in [0.717, 1.165) is 53.3 Å². The quantitative estimate of drug-likeness (QED) is 0.635. The Morgan fingerprint density at radius 3 is 2.62 bits per heavy atom. The number of hydrogen-bond acceptors (Lipinski definition) is 4. The summed E-state index contributed by atoms with van der Waals surface area (Å²) >= 11 is 0. The molecule has 0 saturated carbocycles. The van der Waals surface area contributed by atoms with E-state index in [1.807, 2.05) is 56.4 Å². The number of para-hydroxylation sites is 2. The zero-order chi connectivity index (χ0) is 16.8. The molecular formula is C20H23N3O. The maximum Gasteiger partial charge on any atom is 0.153 e. The Balaban J connectivity index is 1.92. The molecule has 4 nitrogen and oxygen atoms in total. The van der Waals surface area contributed by atoms with Gasteiger partial charge in [-0.2, -0.15) is 0 Å². The van der Waals surface area contributed by atoms with Crippen molar-refractivity contribution in [1.82, 2.24) is 10.3 Å². The van der Waals surface area contributed by atoms with Crippen molar-refractivity contribution in [1.29, 1.82) is 0 Å². The molecule has 0 aliphatic heterocycles. The van der Waals surface area contributed by atoms with Crippen LogP contribution >= 0.6 is 0 Å². The average molecular weight is 321 g/mol. The van der Waals surface area contributed by atoms with Gasteiger partial charge in [-0.15, -0.1) is 0 Å². The van der Waals surface area contributed by atoms with Gasteiger partial charge in [0.15, 0.2) is 5.75 Å². The first-order valence-electron chi connectivity index (χ1n) is 8.29. The van der Waals surface area contributed by atoms with Gasteiger partial charge in [-0.25, -0.2) is 4.98 Å². The minimum atomic E-state index is 0.778. The fourth-order valence-electron chi connectivity index (χ4n) is 2.68. The zero-order valence-corrected chi connectivity index (χ0v) is 14.2. The average Bonchev–Trinajstić information content (AvgIpc) is 2.60. The Morgan fingerprint density at radius 1 is 1.00 bits per heavy atom. The molecule has 1 heterocycles. The van der Waals surface area contributed by atoms with Gasteiger partial charge >= 0.3 is 0 Å². The normalized spacial score (nSPS) is 10.8. The van der Waals surface area contributed by atoms with E-state index in [0.29, 0.717) is 0 Å². The maximum atomic E-state index is 6.04. The Bertz CT molecular complexity index is 803. The van der Waals surface area contributed by atoms with E-state index >= 15 is 0 Å². The Labute approximate surface area is 142 Å². The van der Waals surface area contributed by atoms with Gasteiger partial charge in [0.25, 0.3) is 0 Å². The van der Waals surface area contributed by atoms with Gasteiger partial charge in [0.2, 0.25) is 0 Å². The largest absolute Gasteiger partial charge is 0.455 e. The van der Waals surface area contributed by atoms with Gasteiger partial charge in [0, 0.05) is 23.3 Å². The number of benzene rings is 2. The molecule has 0 saturated heterocycles. The van der Waals surface area contributed by atoms with Crippen LogP contribution in [0.2, 0.25) is 0 Å². The first-order chi connectivity index (χ1) is 11.8. The van der Waals surface area contributed by atoms with Crippen LogP contribution in [0.15, 0.2) is 54.6 Å². The fourth-order valence-corrected chi connectivity index (χ4v) is 2.68. The molecule has 0 bridgehead atoms. The molecule has 2 aromatic carbocycles. The van der Waals surface area contributed by atoms with Crippen LogP contribution in [0.4, 0.5) is 5.69 Å². The molecule has 4 heteroatoms. The molecule has 0 atom stereocenters. The first kappa shape index (κ1) is 16.3. The van der Waals surface area contributed by atoms with E-state index < -0.39 is 0 Å². The molecule has 2 N–H and O–H groups in total. The smallest absolute Gasteiger partial charge is 0.153 e. The molecule has 0 unspecified atom stereocenters. The third-order valence-corrected chi connectivity index (χ3v) is 3.82. The molecule has 1 aromatic heterocycles. The van der Waals surface area contributed by atoms with Crippen LogP contribution in [0.25, 0.3) is 10.9 Å². The van der Waals surface area contributed by atoms with Crippen LogP contribution in [0.3, 0.4) is 0 Å². The molecule has 3 rings (SSSR count). The lowest BCUT2D eigenvalue weighted by atomic mass is 10.1. The highest BCUT2D eigenvalue weighted by molar-refractivity contribution is 5.95. The molecule has 3 aromatic rings. The molecule has 0 spiro atoms. The number of aromatic nitrogens is 1. The van der Waals surface area contributed by atoms with E-state index in [9.17, 15) is 0 Å². The summed E-state index contributed by atoms with van der Waals surface area (Å²) in [4.78, 5) is 4.70. The number of pyridine rings is 1. The molecule has 24 heavy (non-hydrogen) atoms. The van der Waals surface area contributed by atoms with Crippen LogP contribution < -0.4 is 15.4 Å². The van der Waals surface area contributed by atoms with Crippen molar-refractivity contribution in [2.24, 2.45) is 0 Å². The van der Waals surface area contributed by atoms with Crippen molar-refractivity contribution in [3.63, 3.8) is 0 Å². The van der Waals surface area contributed by atoms with Crippen molar-refractivity contribution < 1.29 is 4.74 Å². The summed E-state index contributed by atoms with van der Waals surface area (Å²) in [7, 11) is 1.97. The summed E-state index contributed by atoms with van der Waals surface area (Å²) in [5.41, 5.74) is 2.97. The van der Waals surface area contributed by atoms with Crippen molar-refractivity contribution in [3.05, 3.63) is 60.3 Å². The second-order valence-electron chi connectivity index (χ2n) is 5.76.